The van der Waals surface area contributed by atoms with Gasteiger partial charge in [0.2, 0.25) is 0 Å². The van der Waals surface area contributed by atoms with E-state index in [1.54, 1.807) is 31.2 Å². The fraction of sp³-hybridized carbons (Fsp3) is 0.333. The Balaban J connectivity index is 2.45. The molecule has 1 aromatic carbocycles. The number of carbonyl (C=O) groups is 2. The molecule has 0 bridgehead atoms. The molecule has 1 atom stereocenters. The standard InChI is InChI=1S/C12H15NO3/c1-9(12(15)16-2)8-13-11(14)10-6-4-3-5-7-10/h3-7,9H,8H2,1-2H3,(H,13,14)/t9-/m1/s1. The SMILES string of the molecule is COC(=O)[C@H](C)CNC(=O)c1ccccc1. The van der Waals surface area contributed by atoms with Crippen molar-refractivity contribution in [2.45, 2.75) is 6.92 Å². The molecule has 0 heterocycles. The summed E-state index contributed by atoms with van der Waals surface area (Å²) in [5.74, 6) is -0.845. The molecule has 0 unspecified atom stereocenters. The van der Waals surface area contributed by atoms with Crippen LogP contribution in [0, 0.1) is 5.92 Å². The van der Waals surface area contributed by atoms with Gasteiger partial charge in [-0.25, -0.2) is 0 Å². The largest absolute Gasteiger partial charge is 0.469 e. The normalized spacial score (nSPS) is 11.6. The lowest BCUT2D eigenvalue weighted by molar-refractivity contribution is -0.144. The van der Waals surface area contributed by atoms with Gasteiger partial charge in [0, 0.05) is 12.1 Å². The first-order valence-electron chi connectivity index (χ1n) is 5.06. The molecule has 0 fully saturated rings. The highest BCUT2D eigenvalue weighted by atomic mass is 16.5. The van der Waals surface area contributed by atoms with Gasteiger partial charge >= 0.3 is 5.97 Å². The van der Waals surface area contributed by atoms with Gasteiger partial charge in [-0.15, -0.1) is 0 Å². The lowest BCUT2D eigenvalue weighted by atomic mass is 10.1. The number of methoxy groups -OCH3 is 1. The van der Waals surface area contributed by atoms with Crippen molar-refractivity contribution in [1.82, 2.24) is 5.32 Å². The maximum absolute atomic E-state index is 11.6. The maximum Gasteiger partial charge on any atom is 0.310 e. The second kappa shape index (κ2) is 5.90. The van der Waals surface area contributed by atoms with E-state index >= 15 is 0 Å². The van der Waals surface area contributed by atoms with Crippen molar-refractivity contribution in [1.29, 1.82) is 0 Å². The van der Waals surface area contributed by atoms with Crippen LogP contribution in [0.2, 0.25) is 0 Å². The number of hydrogen-bond donors (Lipinski definition) is 1. The van der Waals surface area contributed by atoms with Crippen LogP contribution in [0.1, 0.15) is 17.3 Å². The Hall–Kier alpha value is -1.84. The Bertz CT molecular complexity index is 362. The zero-order valence-corrected chi connectivity index (χ0v) is 9.40. The molecular formula is C12H15NO3. The number of carbonyl (C=O) groups excluding carboxylic acids is 2. The third-order valence-corrected chi connectivity index (χ3v) is 2.21. The van der Waals surface area contributed by atoms with E-state index in [1.165, 1.54) is 7.11 Å². The van der Waals surface area contributed by atoms with Crippen LogP contribution in [-0.2, 0) is 9.53 Å². The highest BCUT2D eigenvalue weighted by molar-refractivity contribution is 5.94. The van der Waals surface area contributed by atoms with E-state index in [2.05, 4.69) is 10.1 Å². The molecule has 0 aliphatic rings. The molecule has 0 radical (unpaired) electrons. The summed E-state index contributed by atoms with van der Waals surface area (Å²) in [5, 5.41) is 2.67. The summed E-state index contributed by atoms with van der Waals surface area (Å²) >= 11 is 0. The topological polar surface area (TPSA) is 55.4 Å². The first-order chi connectivity index (χ1) is 7.65. The third kappa shape index (κ3) is 3.38. The Labute approximate surface area is 94.6 Å². The molecule has 1 amide bonds. The highest BCUT2D eigenvalue weighted by Gasteiger charge is 2.14. The molecule has 4 nitrogen and oxygen atoms in total. The highest BCUT2D eigenvalue weighted by Crippen LogP contribution is 2.00. The average Bonchev–Trinajstić information content (AvgIpc) is 2.35. The molecule has 0 aromatic heterocycles. The van der Waals surface area contributed by atoms with E-state index in [1.807, 2.05) is 6.07 Å². The van der Waals surface area contributed by atoms with Crippen molar-refractivity contribution < 1.29 is 14.3 Å². The first-order valence-corrected chi connectivity index (χ1v) is 5.06. The fourth-order valence-electron chi connectivity index (χ4n) is 1.22. The Morgan fingerprint density at radius 1 is 1.31 bits per heavy atom. The van der Waals surface area contributed by atoms with Crippen molar-refractivity contribution in [3.63, 3.8) is 0 Å². The van der Waals surface area contributed by atoms with E-state index in [0.717, 1.165) is 0 Å². The van der Waals surface area contributed by atoms with Crippen LogP contribution in [0.25, 0.3) is 0 Å². The third-order valence-electron chi connectivity index (χ3n) is 2.21. The van der Waals surface area contributed by atoms with E-state index in [-0.39, 0.29) is 24.3 Å². The van der Waals surface area contributed by atoms with Crippen molar-refractivity contribution in [3.8, 4) is 0 Å². The molecule has 86 valence electrons. The second-order valence-electron chi connectivity index (χ2n) is 3.50. The molecule has 1 aromatic rings. The van der Waals surface area contributed by atoms with E-state index in [4.69, 9.17) is 0 Å². The minimum absolute atomic E-state index is 0.184. The summed E-state index contributed by atoms with van der Waals surface area (Å²) < 4.78 is 4.56. The summed E-state index contributed by atoms with van der Waals surface area (Å²) in [7, 11) is 1.33. The van der Waals surface area contributed by atoms with Crippen LogP contribution in [0.15, 0.2) is 30.3 Å². The minimum Gasteiger partial charge on any atom is -0.469 e. The van der Waals surface area contributed by atoms with Gasteiger partial charge < -0.3 is 10.1 Å². The lowest BCUT2D eigenvalue weighted by Crippen LogP contribution is -2.32. The minimum atomic E-state index is -0.335. The van der Waals surface area contributed by atoms with E-state index < -0.39 is 0 Å². The van der Waals surface area contributed by atoms with Crippen molar-refractivity contribution in [2.75, 3.05) is 13.7 Å². The Kier molecular flexibility index (Phi) is 4.51. The van der Waals surface area contributed by atoms with Gasteiger partial charge in [0.15, 0.2) is 0 Å². The zero-order chi connectivity index (χ0) is 12.0. The van der Waals surface area contributed by atoms with Gasteiger partial charge in [0.1, 0.15) is 0 Å². The summed E-state index contributed by atoms with van der Waals surface area (Å²) in [5.41, 5.74) is 0.583. The van der Waals surface area contributed by atoms with Gasteiger partial charge in [-0.05, 0) is 12.1 Å². The van der Waals surface area contributed by atoms with Crippen LogP contribution in [-0.4, -0.2) is 25.5 Å². The predicted molar refractivity (Wildman–Crippen MR) is 60.0 cm³/mol. The van der Waals surface area contributed by atoms with Crippen molar-refractivity contribution in [3.05, 3.63) is 35.9 Å². The van der Waals surface area contributed by atoms with E-state index in [9.17, 15) is 9.59 Å². The molecule has 1 rings (SSSR count). The number of benzene rings is 1. The van der Waals surface area contributed by atoms with Gasteiger partial charge in [-0.3, -0.25) is 9.59 Å². The van der Waals surface area contributed by atoms with Crippen molar-refractivity contribution >= 4 is 11.9 Å². The van der Waals surface area contributed by atoms with Gasteiger partial charge in [0.05, 0.1) is 13.0 Å². The lowest BCUT2D eigenvalue weighted by Gasteiger charge is -2.10. The number of amides is 1. The average molecular weight is 221 g/mol. The summed E-state index contributed by atoms with van der Waals surface area (Å²) in [4.78, 5) is 22.7. The molecule has 0 aliphatic carbocycles. The monoisotopic (exact) mass is 221 g/mol. The maximum atomic E-state index is 11.6. The van der Waals surface area contributed by atoms with Crippen LogP contribution in [0.3, 0.4) is 0 Å². The van der Waals surface area contributed by atoms with Crippen molar-refractivity contribution in [2.24, 2.45) is 5.92 Å². The zero-order valence-electron chi connectivity index (χ0n) is 9.40. The van der Waals surface area contributed by atoms with Crippen LogP contribution in [0.4, 0.5) is 0 Å². The molecule has 0 aliphatic heterocycles. The fourth-order valence-corrected chi connectivity index (χ4v) is 1.22. The molecule has 1 N–H and O–H groups in total. The van der Waals surface area contributed by atoms with Gasteiger partial charge in [0.25, 0.3) is 5.91 Å². The summed E-state index contributed by atoms with van der Waals surface area (Å²) in [6, 6.07) is 8.86. The number of rotatable bonds is 4. The second-order valence-corrected chi connectivity index (χ2v) is 3.50. The number of ether oxygens (including phenoxy) is 1. The van der Waals surface area contributed by atoms with Gasteiger partial charge in [-0.2, -0.15) is 0 Å². The molecule has 16 heavy (non-hydrogen) atoms. The molecule has 0 spiro atoms. The number of hydrogen-bond acceptors (Lipinski definition) is 3. The summed E-state index contributed by atoms with van der Waals surface area (Å²) in [6.45, 7) is 1.98. The number of esters is 1. The Morgan fingerprint density at radius 2 is 1.94 bits per heavy atom. The predicted octanol–water partition coefficient (Wildman–Crippen LogP) is 1.23. The Morgan fingerprint density at radius 3 is 2.50 bits per heavy atom. The van der Waals surface area contributed by atoms with Gasteiger partial charge in [-0.1, -0.05) is 25.1 Å². The molecule has 0 saturated carbocycles. The first kappa shape index (κ1) is 12.2. The van der Waals surface area contributed by atoms with Crippen LogP contribution < -0.4 is 5.32 Å². The molecule has 0 saturated heterocycles. The van der Waals surface area contributed by atoms with Crippen LogP contribution >= 0.6 is 0 Å². The molecule has 4 heteroatoms. The smallest absolute Gasteiger partial charge is 0.310 e. The number of nitrogens with one attached hydrogen (secondary N) is 1. The molecular weight excluding hydrogens is 206 g/mol. The summed E-state index contributed by atoms with van der Waals surface area (Å²) in [6.07, 6.45) is 0. The van der Waals surface area contributed by atoms with E-state index in [0.29, 0.717) is 5.56 Å². The quantitative estimate of drug-likeness (QED) is 0.778. The van der Waals surface area contributed by atoms with Crippen LogP contribution in [0.5, 0.6) is 0 Å².